The molecule has 5 rings (SSSR count). The fourth-order valence-corrected chi connectivity index (χ4v) is 5.09. The molecule has 1 amide bonds. The van der Waals surface area contributed by atoms with Crippen LogP contribution in [0.25, 0.3) is 0 Å². The molecule has 2 N–H and O–H groups in total. The maximum absolute atomic E-state index is 13.2. The summed E-state index contributed by atoms with van der Waals surface area (Å²) < 4.78 is 5.11. The molecular weight excluding hydrogens is 478 g/mol. The number of carbonyl (C=O) groups excluding carboxylic acids is 2. The molecule has 2 aliphatic heterocycles. The molecule has 0 aliphatic carbocycles. The largest absolute Gasteiger partial charge is 0.462 e. The smallest absolute Gasteiger partial charge is 0.338 e. The van der Waals surface area contributed by atoms with Gasteiger partial charge in [0.1, 0.15) is 5.92 Å². The summed E-state index contributed by atoms with van der Waals surface area (Å²) >= 11 is 0. The number of aliphatic imine (C=N–C) groups is 1. The van der Waals surface area contributed by atoms with Gasteiger partial charge in [-0.05, 0) is 67.1 Å². The molecule has 1 saturated heterocycles. The minimum Gasteiger partial charge on any atom is -0.462 e. The number of amides is 1. The standard InChI is InChI=1S/C31H33N3O4/c1-2-38-31(37)23-10-13-26-27(20-23)33-30(36)28(26)29(22-6-4-3-5-7-22)32-24-11-8-21(9-12-24)14-17-34-18-15-25(35)16-19-34/h3-13,20,25,28,35H,2,14-19H2,1H3,(H,33,36). The van der Waals surface area contributed by atoms with Gasteiger partial charge in [-0.25, -0.2) is 4.79 Å². The zero-order valence-electron chi connectivity index (χ0n) is 21.6. The van der Waals surface area contributed by atoms with Gasteiger partial charge in [0.25, 0.3) is 0 Å². The van der Waals surface area contributed by atoms with E-state index in [1.807, 2.05) is 48.5 Å². The van der Waals surface area contributed by atoms with Crippen LogP contribution in [0.3, 0.4) is 0 Å². The van der Waals surface area contributed by atoms with Crippen LogP contribution in [0.5, 0.6) is 0 Å². The lowest BCUT2D eigenvalue weighted by Gasteiger charge is -2.29. The Morgan fingerprint density at radius 1 is 1.03 bits per heavy atom. The second-order valence-corrected chi connectivity index (χ2v) is 9.80. The molecule has 0 saturated carbocycles. The number of nitrogens with one attached hydrogen (secondary N) is 1. The van der Waals surface area contributed by atoms with Crippen molar-refractivity contribution < 1.29 is 19.4 Å². The first-order valence-electron chi connectivity index (χ1n) is 13.3. The summed E-state index contributed by atoms with van der Waals surface area (Å²) in [4.78, 5) is 32.8. The number of likely N-dealkylation sites (tertiary alicyclic amines) is 1. The van der Waals surface area contributed by atoms with Crippen LogP contribution in [-0.4, -0.2) is 59.9 Å². The van der Waals surface area contributed by atoms with Crippen LogP contribution in [0, 0.1) is 0 Å². The first-order valence-corrected chi connectivity index (χ1v) is 13.3. The van der Waals surface area contributed by atoms with Crippen molar-refractivity contribution in [2.75, 3.05) is 31.6 Å². The lowest BCUT2D eigenvalue weighted by Crippen LogP contribution is -2.37. The first-order chi connectivity index (χ1) is 18.5. The third-order valence-corrected chi connectivity index (χ3v) is 7.20. The van der Waals surface area contributed by atoms with Crippen molar-refractivity contribution in [1.29, 1.82) is 0 Å². The highest BCUT2D eigenvalue weighted by atomic mass is 16.5. The minimum absolute atomic E-state index is 0.157. The normalized spacial score (nSPS) is 18.2. The highest BCUT2D eigenvalue weighted by Gasteiger charge is 2.36. The van der Waals surface area contributed by atoms with Gasteiger partial charge < -0.3 is 20.1 Å². The molecule has 7 heteroatoms. The third kappa shape index (κ3) is 5.85. The zero-order chi connectivity index (χ0) is 26.5. The van der Waals surface area contributed by atoms with Crippen molar-refractivity contribution in [3.05, 3.63) is 95.1 Å². The summed E-state index contributed by atoms with van der Waals surface area (Å²) in [5.41, 5.74) is 5.33. The number of hydrogen-bond donors (Lipinski definition) is 2. The van der Waals surface area contributed by atoms with Gasteiger partial charge in [-0.1, -0.05) is 48.5 Å². The van der Waals surface area contributed by atoms with E-state index in [-0.39, 0.29) is 18.6 Å². The number of nitrogens with zero attached hydrogens (tertiary/aromatic N) is 2. The molecule has 196 valence electrons. The summed E-state index contributed by atoms with van der Waals surface area (Å²) in [6.45, 7) is 4.90. The van der Waals surface area contributed by atoms with Gasteiger partial charge in [-0.15, -0.1) is 0 Å². The molecule has 1 unspecified atom stereocenters. The maximum Gasteiger partial charge on any atom is 0.338 e. The second-order valence-electron chi connectivity index (χ2n) is 9.80. The van der Waals surface area contributed by atoms with Crippen LogP contribution in [0.2, 0.25) is 0 Å². The number of aliphatic hydroxyl groups excluding tert-OH is 1. The molecule has 38 heavy (non-hydrogen) atoms. The molecule has 0 bridgehead atoms. The number of benzene rings is 3. The van der Waals surface area contributed by atoms with E-state index in [1.54, 1.807) is 19.1 Å². The lowest BCUT2D eigenvalue weighted by atomic mass is 9.90. The van der Waals surface area contributed by atoms with Gasteiger partial charge in [0.05, 0.1) is 29.7 Å². The molecule has 0 aromatic heterocycles. The van der Waals surface area contributed by atoms with E-state index in [0.29, 0.717) is 17.0 Å². The number of aliphatic hydroxyl groups is 1. The van der Waals surface area contributed by atoms with E-state index in [2.05, 4.69) is 22.3 Å². The van der Waals surface area contributed by atoms with Crippen molar-refractivity contribution >= 4 is 29.0 Å². The summed E-state index contributed by atoms with van der Waals surface area (Å²) in [6.07, 6.45) is 2.47. The number of carbonyl (C=O) groups is 2. The van der Waals surface area contributed by atoms with Gasteiger partial charge >= 0.3 is 5.97 Å². The molecule has 3 aromatic carbocycles. The van der Waals surface area contributed by atoms with Gasteiger partial charge in [0, 0.05) is 25.3 Å². The SMILES string of the molecule is CCOC(=O)c1ccc2c(c1)NC(=O)C2C(=Nc1ccc(CCN2CCC(O)CC2)cc1)c1ccccc1. The number of ether oxygens (including phenoxy) is 1. The number of hydrogen-bond acceptors (Lipinski definition) is 6. The van der Waals surface area contributed by atoms with E-state index < -0.39 is 11.9 Å². The van der Waals surface area contributed by atoms with Gasteiger partial charge in [-0.3, -0.25) is 9.79 Å². The second kappa shape index (κ2) is 11.7. The summed E-state index contributed by atoms with van der Waals surface area (Å²) in [5, 5.41) is 12.7. The van der Waals surface area contributed by atoms with Crippen LogP contribution < -0.4 is 5.32 Å². The summed E-state index contributed by atoms with van der Waals surface area (Å²) in [6, 6.07) is 23.1. The topological polar surface area (TPSA) is 91.2 Å². The summed E-state index contributed by atoms with van der Waals surface area (Å²) in [7, 11) is 0. The average molecular weight is 512 g/mol. The highest BCUT2D eigenvalue weighted by Crippen LogP contribution is 2.37. The number of anilines is 1. The van der Waals surface area contributed by atoms with Gasteiger partial charge in [-0.2, -0.15) is 0 Å². The maximum atomic E-state index is 13.2. The van der Waals surface area contributed by atoms with Crippen molar-refractivity contribution in [2.24, 2.45) is 4.99 Å². The Kier molecular flexibility index (Phi) is 7.96. The minimum atomic E-state index is -0.599. The van der Waals surface area contributed by atoms with Gasteiger partial charge in [0.2, 0.25) is 5.91 Å². The molecule has 7 nitrogen and oxygen atoms in total. The van der Waals surface area contributed by atoms with Crippen LogP contribution in [-0.2, 0) is 16.0 Å². The lowest BCUT2D eigenvalue weighted by molar-refractivity contribution is -0.115. The summed E-state index contributed by atoms with van der Waals surface area (Å²) in [5.74, 6) is -1.19. The van der Waals surface area contributed by atoms with Crippen LogP contribution in [0.15, 0.2) is 77.8 Å². The first kappa shape index (κ1) is 25.8. The Bertz CT molecular complexity index is 1310. The fraction of sp³-hybridized carbons (Fsp3) is 0.323. The van der Waals surface area contributed by atoms with Crippen molar-refractivity contribution in [2.45, 2.75) is 38.2 Å². The number of rotatable bonds is 8. The average Bonchev–Trinajstić information content (AvgIpc) is 3.27. The Labute approximate surface area is 223 Å². The molecule has 0 radical (unpaired) electrons. The number of esters is 1. The third-order valence-electron chi connectivity index (χ3n) is 7.20. The van der Waals surface area contributed by atoms with Crippen molar-refractivity contribution in [3.63, 3.8) is 0 Å². The fourth-order valence-electron chi connectivity index (χ4n) is 5.09. The quantitative estimate of drug-likeness (QED) is 0.337. The molecule has 1 fully saturated rings. The van der Waals surface area contributed by atoms with E-state index in [9.17, 15) is 14.7 Å². The molecule has 2 heterocycles. The van der Waals surface area contributed by atoms with E-state index in [0.717, 1.165) is 55.7 Å². The van der Waals surface area contributed by atoms with E-state index in [4.69, 9.17) is 9.73 Å². The van der Waals surface area contributed by atoms with Crippen LogP contribution in [0.4, 0.5) is 11.4 Å². The Balaban J connectivity index is 1.39. The number of fused-ring (bicyclic) bond motifs is 1. The highest BCUT2D eigenvalue weighted by molar-refractivity contribution is 6.24. The predicted molar refractivity (Wildman–Crippen MR) is 148 cm³/mol. The van der Waals surface area contributed by atoms with Gasteiger partial charge in [0.15, 0.2) is 0 Å². The van der Waals surface area contributed by atoms with E-state index >= 15 is 0 Å². The molecule has 2 aliphatic rings. The van der Waals surface area contributed by atoms with E-state index in [1.165, 1.54) is 5.56 Å². The molecular formula is C31H33N3O4. The monoisotopic (exact) mass is 511 g/mol. The van der Waals surface area contributed by atoms with Crippen molar-refractivity contribution in [3.8, 4) is 0 Å². The van der Waals surface area contributed by atoms with Crippen molar-refractivity contribution in [1.82, 2.24) is 4.90 Å². The molecule has 1 atom stereocenters. The predicted octanol–water partition coefficient (Wildman–Crippen LogP) is 4.72. The van der Waals surface area contributed by atoms with Crippen LogP contribution in [0.1, 0.15) is 52.7 Å². The molecule has 0 spiro atoms. The molecule has 3 aromatic rings. The van der Waals surface area contributed by atoms with Crippen LogP contribution >= 0.6 is 0 Å². The Morgan fingerprint density at radius 2 is 1.76 bits per heavy atom. The Hall–Kier alpha value is -3.81. The zero-order valence-corrected chi connectivity index (χ0v) is 21.6. The number of piperidine rings is 1. The Morgan fingerprint density at radius 3 is 2.47 bits per heavy atom.